The van der Waals surface area contributed by atoms with E-state index in [4.69, 9.17) is 4.74 Å². The molecule has 1 aliphatic heterocycles. The molecule has 1 aliphatic rings. The summed E-state index contributed by atoms with van der Waals surface area (Å²) in [4.78, 5) is 13.5. The van der Waals surface area contributed by atoms with Crippen molar-refractivity contribution in [2.75, 3.05) is 13.1 Å². The number of carbonyl (C=O) groups is 1. The smallest absolute Gasteiger partial charge is 0.410 e. The van der Waals surface area contributed by atoms with E-state index in [0.29, 0.717) is 23.4 Å². The van der Waals surface area contributed by atoms with Crippen LogP contribution in [0.3, 0.4) is 0 Å². The van der Waals surface area contributed by atoms with Crippen LogP contribution < -0.4 is 0 Å². The zero-order valence-corrected chi connectivity index (χ0v) is 13.0. The number of benzene rings is 1. The largest absolute Gasteiger partial charge is 0.443 e. The van der Waals surface area contributed by atoms with Gasteiger partial charge in [0.2, 0.25) is 0 Å². The third kappa shape index (κ3) is 3.49. The molecule has 0 N–H and O–H groups in total. The van der Waals surface area contributed by atoms with Gasteiger partial charge in [0, 0.05) is 13.1 Å². The summed E-state index contributed by atoms with van der Waals surface area (Å²) in [5.74, 6) is -0.262. The molecule has 1 amide bonds. The van der Waals surface area contributed by atoms with Gasteiger partial charge in [-0.3, -0.25) is 0 Å². The van der Waals surface area contributed by atoms with Crippen LogP contribution in [0, 0.1) is 5.82 Å². The first-order valence-corrected chi connectivity index (χ1v) is 7.79. The molecular weight excluding hydrogens is 299 g/mol. The number of carbonyl (C=O) groups excluding carboxylic acids is 1. The zero-order chi connectivity index (χ0) is 16.2. The minimum Gasteiger partial charge on any atom is -0.443 e. The van der Waals surface area contributed by atoms with Crippen molar-refractivity contribution < 1.29 is 13.9 Å². The Morgan fingerprint density at radius 2 is 2.13 bits per heavy atom. The zero-order valence-electron chi connectivity index (χ0n) is 13.0. The Morgan fingerprint density at radius 1 is 1.35 bits per heavy atom. The molecule has 0 spiro atoms. The Balaban J connectivity index is 1.63. The number of halogens is 1. The number of hydrogen-bond donors (Lipinski definition) is 0. The lowest BCUT2D eigenvalue weighted by molar-refractivity contribution is 0.103. The van der Waals surface area contributed by atoms with Crippen molar-refractivity contribution >= 4 is 6.09 Å². The van der Waals surface area contributed by atoms with E-state index in [1.807, 2.05) is 6.92 Å². The molecule has 0 aliphatic carbocycles. The molecule has 122 valence electrons. The molecule has 0 bridgehead atoms. The fraction of sp³-hybridized carbons (Fsp3) is 0.438. The lowest BCUT2D eigenvalue weighted by atomic mass is 10.1. The van der Waals surface area contributed by atoms with Gasteiger partial charge in [-0.15, -0.1) is 5.10 Å². The Morgan fingerprint density at radius 3 is 2.83 bits per heavy atom. The van der Waals surface area contributed by atoms with Crippen LogP contribution in [0.2, 0.25) is 0 Å². The monoisotopic (exact) mass is 318 g/mol. The van der Waals surface area contributed by atoms with Crippen LogP contribution in [0.1, 0.15) is 31.0 Å². The van der Waals surface area contributed by atoms with E-state index >= 15 is 0 Å². The molecule has 0 saturated carbocycles. The minimum absolute atomic E-state index is 0.0604. The fourth-order valence-corrected chi connectivity index (χ4v) is 2.58. The van der Waals surface area contributed by atoms with Crippen molar-refractivity contribution in [2.45, 2.75) is 32.8 Å². The van der Waals surface area contributed by atoms with Gasteiger partial charge in [-0.2, -0.15) is 0 Å². The van der Waals surface area contributed by atoms with Crippen molar-refractivity contribution in [2.24, 2.45) is 0 Å². The number of nitrogens with zero attached hydrogens (tertiary/aromatic N) is 4. The Kier molecular flexibility index (Phi) is 4.55. The molecule has 7 heteroatoms. The molecule has 6 nitrogen and oxygen atoms in total. The molecule has 1 saturated heterocycles. The van der Waals surface area contributed by atoms with Gasteiger partial charge in [0.25, 0.3) is 0 Å². The van der Waals surface area contributed by atoms with Gasteiger partial charge < -0.3 is 9.64 Å². The summed E-state index contributed by atoms with van der Waals surface area (Å²) in [7, 11) is 0. The van der Waals surface area contributed by atoms with Crippen molar-refractivity contribution in [1.82, 2.24) is 19.9 Å². The first-order valence-electron chi connectivity index (χ1n) is 7.79. The van der Waals surface area contributed by atoms with E-state index in [1.165, 1.54) is 10.7 Å². The number of amides is 1. The standard InChI is InChI=1S/C16H19FN4O2/c1-2-12-5-6-14(9-15(12)17)21-10-13(18-19-21)11-23-16(22)20-7-3-4-8-20/h5-6,9-10H,2-4,7-8,11H2,1H3. The van der Waals surface area contributed by atoms with Crippen LogP contribution in [-0.4, -0.2) is 39.1 Å². The number of ether oxygens (including phenoxy) is 1. The third-order valence-electron chi connectivity index (χ3n) is 3.93. The first kappa shape index (κ1) is 15.5. The highest BCUT2D eigenvalue weighted by atomic mass is 19.1. The number of likely N-dealkylation sites (tertiary alicyclic amines) is 1. The van der Waals surface area contributed by atoms with Crippen LogP contribution in [0.4, 0.5) is 9.18 Å². The summed E-state index contributed by atoms with van der Waals surface area (Å²) in [6.07, 6.45) is 3.99. The van der Waals surface area contributed by atoms with Gasteiger partial charge in [-0.1, -0.05) is 18.2 Å². The Bertz CT molecular complexity index is 695. The van der Waals surface area contributed by atoms with Gasteiger partial charge in [0.1, 0.15) is 18.1 Å². The summed E-state index contributed by atoms with van der Waals surface area (Å²) < 4.78 is 20.5. The van der Waals surface area contributed by atoms with Gasteiger partial charge in [-0.25, -0.2) is 13.9 Å². The maximum Gasteiger partial charge on any atom is 0.410 e. The summed E-state index contributed by atoms with van der Waals surface area (Å²) in [6, 6.07) is 4.95. The average Bonchev–Trinajstić information content (AvgIpc) is 3.24. The summed E-state index contributed by atoms with van der Waals surface area (Å²) in [5, 5.41) is 7.91. The molecule has 1 fully saturated rings. The maximum atomic E-state index is 13.8. The SMILES string of the molecule is CCc1ccc(-n2cc(COC(=O)N3CCCC3)nn2)cc1F. The molecule has 23 heavy (non-hydrogen) atoms. The Hall–Kier alpha value is -2.44. The molecule has 0 radical (unpaired) electrons. The molecule has 1 aromatic heterocycles. The topological polar surface area (TPSA) is 60.2 Å². The number of rotatable bonds is 4. The first-order chi connectivity index (χ1) is 11.2. The van der Waals surface area contributed by atoms with E-state index in [-0.39, 0.29) is 18.5 Å². The lowest BCUT2D eigenvalue weighted by Gasteiger charge is -2.13. The van der Waals surface area contributed by atoms with Crippen molar-refractivity contribution in [3.8, 4) is 5.69 Å². The van der Waals surface area contributed by atoms with Gasteiger partial charge in [0.05, 0.1) is 11.9 Å². The molecule has 1 aromatic carbocycles. The predicted octanol–water partition coefficient (Wildman–Crippen LogP) is 2.70. The minimum atomic E-state index is -0.324. The van der Waals surface area contributed by atoms with Crippen LogP contribution >= 0.6 is 0 Å². The molecule has 2 aromatic rings. The number of hydrogen-bond acceptors (Lipinski definition) is 4. The quantitative estimate of drug-likeness (QED) is 0.869. The normalized spacial score (nSPS) is 14.3. The van der Waals surface area contributed by atoms with Crippen molar-refractivity contribution in [1.29, 1.82) is 0 Å². The third-order valence-corrected chi connectivity index (χ3v) is 3.93. The highest BCUT2D eigenvalue weighted by Crippen LogP contribution is 2.15. The van der Waals surface area contributed by atoms with Gasteiger partial charge in [-0.05, 0) is 37.0 Å². The fourth-order valence-electron chi connectivity index (χ4n) is 2.58. The highest BCUT2D eigenvalue weighted by Gasteiger charge is 2.19. The molecule has 3 rings (SSSR count). The second kappa shape index (κ2) is 6.76. The average molecular weight is 318 g/mol. The highest BCUT2D eigenvalue weighted by molar-refractivity contribution is 5.67. The van der Waals surface area contributed by atoms with E-state index in [1.54, 1.807) is 23.2 Å². The Labute approximate surface area is 133 Å². The van der Waals surface area contributed by atoms with Crippen molar-refractivity contribution in [3.63, 3.8) is 0 Å². The van der Waals surface area contributed by atoms with Crippen molar-refractivity contribution in [3.05, 3.63) is 41.5 Å². The lowest BCUT2D eigenvalue weighted by Crippen LogP contribution is -2.28. The van der Waals surface area contributed by atoms with E-state index in [0.717, 1.165) is 25.9 Å². The van der Waals surface area contributed by atoms with E-state index in [9.17, 15) is 9.18 Å². The predicted molar refractivity (Wildman–Crippen MR) is 81.7 cm³/mol. The van der Waals surface area contributed by atoms with E-state index < -0.39 is 0 Å². The van der Waals surface area contributed by atoms with Crippen LogP contribution in [0.25, 0.3) is 5.69 Å². The van der Waals surface area contributed by atoms with Crippen LogP contribution in [0.5, 0.6) is 0 Å². The van der Waals surface area contributed by atoms with E-state index in [2.05, 4.69) is 10.3 Å². The second-order valence-electron chi connectivity index (χ2n) is 5.53. The molecule has 2 heterocycles. The molecular formula is C16H19FN4O2. The summed E-state index contributed by atoms with van der Waals surface area (Å²) >= 11 is 0. The summed E-state index contributed by atoms with van der Waals surface area (Å²) in [5.41, 5.74) is 1.77. The summed E-state index contributed by atoms with van der Waals surface area (Å²) in [6.45, 7) is 3.45. The maximum absolute atomic E-state index is 13.8. The van der Waals surface area contributed by atoms with Crippen LogP contribution in [0.15, 0.2) is 24.4 Å². The second-order valence-corrected chi connectivity index (χ2v) is 5.53. The van der Waals surface area contributed by atoms with Crippen LogP contribution in [-0.2, 0) is 17.8 Å². The molecule has 0 atom stereocenters. The number of aryl methyl sites for hydroxylation is 1. The molecule has 0 unspecified atom stereocenters. The van der Waals surface area contributed by atoms with Gasteiger partial charge in [0.15, 0.2) is 0 Å². The van der Waals surface area contributed by atoms with Gasteiger partial charge >= 0.3 is 6.09 Å². The number of aromatic nitrogens is 3.